The number of nitrogens with zero attached hydrogens (tertiary/aromatic N) is 1. The second kappa shape index (κ2) is 5.31. The van der Waals surface area contributed by atoms with E-state index in [1.165, 1.54) is 12.1 Å². The van der Waals surface area contributed by atoms with E-state index in [0.717, 1.165) is 12.1 Å². The Balaban J connectivity index is 2.38. The maximum atomic E-state index is 13.7. The van der Waals surface area contributed by atoms with Crippen LogP contribution >= 0.6 is 0 Å². The summed E-state index contributed by atoms with van der Waals surface area (Å²) in [6.07, 6.45) is 0. The van der Waals surface area contributed by atoms with Crippen LogP contribution in [0.4, 0.5) is 10.1 Å². The van der Waals surface area contributed by atoms with Crippen LogP contribution in [0.3, 0.4) is 0 Å². The molecule has 0 saturated carbocycles. The maximum Gasteiger partial charge on any atom is 0.185 e. The molecule has 0 spiro atoms. The summed E-state index contributed by atoms with van der Waals surface area (Å²) in [7, 11) is -3.83. The fourth-order valence-corrected chi connectivity index (χ4v) is 3.20. The predicted molar refractivity (Wildman–Crippen MR) is 72.9 cm³/mol. The van der Waals surface area contributed by atoms with Crippen LogP contribution in [-0.2, 0) is 15.6 Å². The normalized spacial score (nSPS) is 11.0. The molecule has 6 heteroatoms. The lowest BCUT2D eigenvalue weighted by Gasteiger charge is -2.07. The summed E-state index contributed by atoms with van der Waals surface area (Å²) in [4.78, 5) is -0.394. The van der Waals surface area contributed by atoms with Gasteiger partial charge in [0.05, 0.1) is 17.4 Å². The molecule has 0 aliphatic rings. The van der Waals surface area contributed by atoms with Crippen LogP contribution in [-0.4, -0.2) is 8.42 Å². The van der Waals surface area contributed by atoms with Crippen molar-refractivity contribution in [2.75, 3.05) is 5.73 Å². The maximum absolute atomic E-state index is 13.7. The fraction of sp³-hybridized carbons (Fsp3) is 0.0714. The zero-order valence-electron chi connectivity index (χ0n) is 10.4. The summed E-state index contributed by atoms with van der Waals surface area (Å²) in [5.74, 6) is -1.25. The average Bonchev–Trinajstić information content (AvgIpc) is 2.37. The minimum atomic E-state index is -3.83. The van der Waals surface area contributed by atoms with Gasteiger partial charge < -0.3 is 5.73 Å². The number of rotatable bonds is 3. The van der Waals surface area contributed by atoms with Gasteiger partial charge >= 0.3 is 0 Å². The topological polar surface area (TPSA) is 84.0 Å². The molecular weight excluding hydrogens is 279 g/mol. The van der Waals surface area contributed by atoms with Gasteiger partial charge in [-0.1, -0.05) is 12.1 Å². The lowest BCUT2D eigenvalue weighted by atomic mass is 10.2. The summed E-state index contributed by atoms with van der Waals surface area (Å²) < 4.78 is 38.0. The van der Waals surface area contributed by atoms with Gasteiger partial charge in [0.2, 0.25) is 0 Å². The summed E-state index contributed by atoms with van der Waals surface area (Å²) in [6.45, 7) is 0. The Hall–Kier alpha value is -2.39. The highest BCUT2D eigenvalue weighted by Crippen LogP contribution is 2.21. The molecule has 2 N–H and O–H groups in total. The third kappa shape index (κ3) is 2.95. The van der Waals surface area contributed by atoms with E-state index in [9.17, 15) is 12.8 Å². The molecule has 0 saturated heterocycles. The van der Waals surface area contributed by atoms with Crippen LogP contribution in [0.1, 0.15) is 11.1 Å². The number of nitrogens with two attached hydrogens (primary N) is 1. The van der Waals surface area contributed by atoms with Crippen LogP contribution in [0.25, 0.3) is 0 Å². The standard InChI is InChI=1S/C14H11FN2O2S/c15-13-7-12(17)4-5-14(13)20(18,19)9-11-3-1-2-10(6-11)8-16/h1-7H,9,17H2. The van der Waals surface area contributed by atoms with Gasteiger partial charge in [-0.05, 0) is 35.9 Å². The number of nitriles is 1. The van der Waals surface area contributed by atoms with E-state index in [-0.39, 0.29) is 11.4 Å². The van der Waals surface area contributed by atoms with Gasteiger partial charge in [0.15, 0.2) is 9.84 Å². The van der Waals surface area contributed by atoms with Crippen molar-refractivity contribution < 1.29 is 12.8 Å². The van der Waals surface area contributed by atoms with Crippen molar-refractivity contribution in [1.82, 2.24) is 0 Å². The summed E-state index contributed by atoms with van der Waals surface area (Å²) in [5, 5.41) is 8.78. The first kappa shape index (κ1) is 14.0. The minimum Gasteiger partial charge on any atom is -0.399 e. The Morgan fingerprint density at radius 2 is 1.95 bits per heavy atom. The van der Waals surface area contributed by atoms with Crippen LogP contribution in [0, 0.1) is 17.1 Å². The van der Waals surface area contributed by atoms with E-state index < -0.39 is 20.5 Å². The Labute approximate surface area is 116 Å². The first-order valence-electron chi connectivity index (χ1n) is 5.69. The van der Waals surface area contributed by atoms with Gasteiger partial charge in [-0.3, -0.25) is 0 Å². The van der Waals surface area contributed by atoms with Gasteiger partial charge in [-0.15, -0.1) is 0 Å². The van der Waals surface area contributed by atoms with Gasteiger partial charge in [-0.25, -0.2) is 12.8 Å². The molecule has 0 amide bonds. The number of anilines is 1. The molecule has 2 rings (SSSR count). The highest BCUT2D eigenvalue weighted by molar-refractivity contribution is 7.90. The van der Waals surface area contributed by atoms with Crippen molar-refractivity contribution in [2.45, 2.75) is 10.6 Å². The summed E-state index contributed by atoms with van der Waals surface area (Å²) in [5.41, 5.74) is 6.34. The first-order valence-corrected chi connectivity index (χ1v) is 7.34. The molecule has 0 aliphatic heterocycles. The van der Waals surface area contributed by atoms with E-state index in [1.807, 2.05) is 6.07 Å². The molecule has 0 heterocycles. The third-order valence-corrected chi connectivity index (χ3v) is 4.42. The van der Waals surface area contributed by atoms with E-state index in [2.05, 4.69) is 0 Å². The fourth-order valence-electron chi connectivity index (χ4n) is 1.80. The Kier molecular flexibility index (Phi) is 3.72. The van der Waals surface area contributed by atoms with Crippen LogP contribution in [0.15, 0.2) is 47.4 Å². The van der Waals surface area contributed by atoms with Gasteiger partial charge in [0.25, 0.3) is 0 Å². The lowest BCUT2D eigenvalue weighted by Crippen LogP contribution is -2.08. The number of halogens is 1. The molecule has 102 valence electrons. The average molecular weight is 290 g/mol. The molecular formula is C14H11FN2O2S. The molecule has 2 aromatic carbocycles. The Morgan fingerprint density at radius 3 is 2.60 bits per heavy atom. The Bertz CT molecular complexity index is 795. The van der Waals surface area contributed by atoms with Crippen molar-refractivity contribution in [3.63, 3.8) is 0 Å². The van der Waals surface area contributed by atoms with Crippen molar-refractivity contribution >= 4 is 15.5 Å². The molecule has 0 bridgehead atoms. The number of benzene rings is 2. The van der Waals surface area contributed by atoms with E-state index in [1.54, 1.807) is 18.2 Å². The second-order valence-electron chi connectivity index (χ2n) is 4.26. The minimum absolute atomic E-state index is 0.160. The van der Waals surface area contributed by atoms with E-state index in [0.29, 0.717) is 11.1 Å². The number of hydrogen-bond donors (Lipinski definition) is 1. The zero-order chi connectivity index (χ0) is 14.8. The number of hydrogen-bond acceptors (Lipinski definition) is 4. The highest BCUT2D eigenvalue weighted by atomic mass is 32.2. The van der Waals surface area contributed by atoms with Crippen LogP contribution in [0.5, 0.6) is 0 Å². The third-order valence-electron chi connectivity index (χ3n) is 2.70. The largest absolute Gasteiger partial charge is 0.399 e. The molecule has 0 atom stereocenters. The van der Waals surface area contributed by atoms with Gasteiger partial charge in [0, 0.05) is 5.69 Å². The smallest absolute Gasteiger partial charge is 0.185 e. The van der Waals surface area contributed by atoms with Crippen LogP contribution in [0.2, 0.25) is 0 Å². The first-order chi connectivity index (χ1) is 9.42. The number of nitrogen functional groups attached to an aromatic ring is 1. The molecule has 20 heavy (non-hydrogen) atoms. The SMILES string of the molecule is N#Cc1cccc(CS(=O)(=O)c2ccc(N)cc2F)c1. The molecule has 0 unspecified atom stereocenters. The van der Waals surface area contributed by atoms with Gasteiger partial charge in [0.1, 0.15) is 10.7 Å². The van der Waals surface area contributed by atoms with Crippen molar-refractivity contribution in [3.8, 4) is 6.07 Å². The Morgan fingerprint density at radius 1 is 1.20 bits per heavy atom. The lowest BCUT2D eigenvalue weighted by molar-refractivity contribution is 0.567. The molecule has 0 aliphatic carbocycles. The van der Waals surface area contributed by atoms with E-state index >= 15 is 0 Å². The van der Waals surface area contributed by atoms with Crippen molar-refractivity contribution in [2.24, 2.45) is 0 Å². The molecule has 0 fully saturated rings. The zero-order valence-corrected chi connectivity index (χ0v) is 11.2. The van der Waals surface area contributed by atoms with Crippen molar-refractivity contribution in [1.29, 1.82) is 5.26 Å². The summed E-state index contributed by atoms with van der Waals surface area (Å²) >= 11 is 0. The van der Waals surface area contributed by atoms with Crippen molar-refractivity contribution in [3.05, 3.63) is 59.4 Å². The monoisotopic (exact) mass is 290 g/mol. The number of sulfone groups is 1. The highest BCUT2D eigenvalue weighted by Gasteiger charge is 2.20. The predicted octanol–water partition coefficient (Wildman–Crippen LogP) is 2.25. The molecule has 0 radical (unpaired) electrons. The molecule has 4 nitrogen and oxygen atoms in total. The van der Waals surface area contributed by atoms with E-state index in [4.69, 9.17) is 11.0 Å². The quantitative estimate of drug-likeness (QED) is 0.879. The molecule has 0 aromatic heterocycles. The molecule has 2 aromatic rings. The second-order valence-corrected chi connectivity index (χ2v) is 6.22. The van der Waals surface area contributed by atoms with Crippen LogP contribution < -0.4 is 5.73 Å². The van der Waals surface area contributed by atoms with Gasteiger partial charge in [-0.2, -0.15) is 5.26 Å². The summed E-state index contributed by atoms with van der Waals surface area (Å²) in [6, 6.07) is 11.6.